The standard InChI is InChI=1S/C29H41N4O2/c1-28(2,19-34)18-30-9-4-10-31-26-8-7-23-24(32-26)5-3-6-25(23)33-27(35)17-29-14-20-11-21(15-29)13-22(12-20)16-29/h3,5-8,18,20-22,30,34H,4,9-17,19H2,1-2H3,(H,31,32)(H,33,35). The number of carbonyl (C=O) groups excluding carboxylic acids is 1. The molecule has 4 saturated carbocycles. The lowest BCUT2D eigenvalue weighted by Crippen LogP contribution is -2.47. The first-order valence-electron chi connectivity index (χ1n) is 13.5. The average Bonchev–Trinajstić information content (AvgIpc) is 2.80. The van der Waals surface area contributed by atoms with Gasteiger partial charge in [-0.25, -0.2) is 4.98 Å². The molecule has 4 aliphatic rings. The van der Waals surface area contributed by atoms with Gasteiger partial charge in [-0.1, -0.05) is 19.9 Å². The third-order valence-corrected chi connectivity index (χ3v) is 8.41. The second kappa shape index (κ2) is 10.1. The highest BCUT2D eigenvalue weighted by molar-refractivity contribution is 6.01. The lowest BCUT2D eigenvalue weighted by molar-refractivity contribution is -0.124. The van der Waals surface area contributed by atoms with Crippen molar-refractivity contribution in [2.45, 2.75) is 65.2 Å². The zero-order chi connectivity index (χ0) is 24.5. The highest BCUT2D eigenvalue weighted by atomic mass is 16.3. The number of aromatic nitrogens is 1. The van der Waals surface area contributed by atoms with Crippen LogP contribution >= 0.6 is 0 Å². The van der Waals surface area contributed by atoms with Crippen molar-refractivity contribution in [3.63, 3.8) is 0 Å². The molecule has 4 bridgehead atoms. The van der Waals surface area contributed by atoms with Crippen LogP contribution in [0, 0.1) is 35.1 Å². The van der Waals surface area contributed by atoms with Gasteiger partial charge in [-0.05, 0) is 98.9 Å². The van der Waals surface area contributed by atoms with E-state index in [0.29, 0.717) is 6.42 Å². The Morgan fingerprint density at radius 3 is 2.49 bits per heavy atom. The Morgan fingerprint density at radius 1 is 1.09 bits per heavy atom. The molecule has 189 valence electrons. The maximum Gasteiger partial charge on any atom is 0.224 e. The van der Waals surface area contributed by atoms with Crippen LogP contribution in [0.15, 0.2) is 30.3 Å². The molecule has 1 heterocycles. The van der Waals surface area contributed by atoms with Gasteiger partial charge >= 0.3 is 0 Å². The Labute approximate surface area is 209 Å². The van der Waals surface area contributed by atoms with Gasteiger partial charge in [0.1, 0.15) is 5.82 Å². The molecule has 1 aromatic carbocycles. The molecule has 35 heavy (non-hydrogen) atoms. The molecule has 1 radical (unpaired) electrons. The van der Waals surface area contributed by atoms with Crippen molar-refractivity contribution in [3.8, 4) is 0 Å². The summed E-state index contributed by atoms with van der Waals surface area (Å²) in [5, 5.41) is 20.2. The van der Waals surface area contributed by atoms with Crippen molar-refractivity contribution in [2.24, 2.45) is 28.6 Å². The van der Waals surface area contributed by atoms with Crippen LogP contribution in [0.3, 0.4) is 0 Å². The van der Waals surface area contributed by atoms with Gasteiger partial charge in [-0.2, -0.15) is 0 Å². The number of nitrogens with one attached hydrogen (secondary N) is 3. The van der Waals surface area contributed by atoms with E-state index in [1.807, 2.05) is 44.7 Å². The molecule has 0 aliphatic heterocycles. The van der Waals surface area contributed by atoms with Crippen molar-refractivity contribution in [2.75, 3.05) is 30.3 Å². The van der Waals surface area contributed by atoms with E-state index in [1.165, 1.54) is 38.5 Å². The fourth-order valence-corrected chi connectivity index (χ4v) is 7.20. The number of benzene rings is 1. The molecular weight excluding hydrogens is 436 g/mol. The normalized spacial score (nSPS) is 27.3. The van der Waals surface area contributed by atoms with Crippen LogP contribution in [0.25, 0.3) is 10.9 Å². The van der Waals surface area contributed by atoms with Crippen LogP contribution in [0.5, 0.6) is 0 Å². The second-order valence-corrected chi connectivity index (χ2v) is 12.2. The first kappa shape index (κ1) is 24.5. The monoisotopic (exact) mass is 477 g/mol. The number of rotatable bonds is 11. The third kappa shape index (κ3) is 5.80. The zero-order valence-corrected chi connectivity index (χ0v) is 21.3. The predicted octanol–water partition coefficient (Wildman–Crippen LogP) is 5.35. The average molecular weight is 478 g/mol. The van der Waals surface area contributed by atoms with E-state index in [0.717, 1.165) is 59.7 Å². The molecule has 4 fully saturated rings. The molecule has 0 unspecified atom stereocenters. The maximum absolute atomic E-state index is 13.2. The van der Waals surface area contributed by atoms with Crippen molar-refractivity contribution in [3.05, 3.63) is 36.9 Å². The number of amides is 1. The van der Waals surface area contributed by atoms with Gasteiger partial charge in [0.15, 0.2) is 0 Å². The Balaban J connectivity index is 1.15. The van der Waals surface area contributed by atoms with Gasteiger partial charge in [0, 0.05) is 36.9 Å². The minimum Gasteiger partial charge on any atom is -0.396 e. The van der Waals surface area contributed by atoms with Crippen molar-refractivity contribution in [1.82, 2.24) is 10.3 Å². The molecule has 1 aromatic heterocycles. The van der Waals surface area contributed by atoms with Crippen LogP contribution in [0.1, 0.15) is 65.2 Å². The van der Waals surface area contributed by atoms with Gasteiger partial charge in [0.25, 0.3) is 0 Å². The lowest BCUT2D eigenvalue weighted by atomic mass is 9.49. The van der Waals surface area contributed by atoms with Gasteiger partial charge in [-0.15, -0.1) is 0 Å². The van der Waals surface area contributed by atoms with E-state index in [1.54, 1.807) is 0 Å². The molecular formula is C29H41N4O2. The highest BCUT2D eigenvalue weighted by Crippen LogP contribution is 2.61. The summed E-state index contributed by atoms with van der Waals surface area (Å²) >= 11 is 0. The van der Waals surface area contributed by atoms with Crippen molar-refractivity contribution < 1.29 is 9.90 Å². The van der Waals surface area contributed by atoms with E-state index < -0.39 is 0 Å². The van der Waals surface area contributed by atoms with Crippen LogP contribution in [0.4, 0.5) is 11.5 Å². The molecule has 6 rings (SSSR count). The van der Waals surface area contributed by atoms with Gasteiger partial charge in [-0.3, -0.25) is 4.79 Å². The summed E-state index contributed by atoms with van der Waals surface area (Å²) in [4.78, 5) is 17.9. The maximum atomic E-state index is 13.2. The smallest absolute Gasteiger partial charge is 0.224 e. The number of pyridine rings is 1. The number of anilines is 2. The second-order valence-electron chi connectivity index (χ2n) is 12.2. The number of hydrogen-bond acceptors (Lipinski definition) is 5. The topological polar surface area (TPSA) is 86.3 Å². The predicted molar refractivity (Wildman–Crippen MR) is 142 cm³/mol. The summed E-state index contributed by atoms with van der Waals surface area (Å²) in [7, 11) is 0. The summed E-state index contributed by atoms with van der Waals surface area (Å²) < 4.78 is 0. The van der Waals surface area contributed by atoms with E-state index >= 15 is 0 Å². The Bertz CT molecular complexity index is 1010. The summed E-state index contributed by atoms with van der Waals surface area (Å²) in [5.74, 6) is 3.60. The van der Waals surface area contributed by atoms with Crippen molar-refractivity contribution in [1.29, 1.82) is 0 Å². The number of aliphatic hydroxyl groups excluding tert-OH is 1. The molecule has 2 aromatic rings. The first-order valence-corrected chi connectivity index (χ1v) is 13.5. The molecule has 6 heteroatoms. The number of hydrogen-bond donors (Lipinski definition) is 4. The largest absolute Gasteiger partial charge is 0.396 e. The van der Waals surface area contributed by atoms with E-state index in [-0.39, 0.29) is 23.3 Å². The van der Waals surface area contributed by atoms with Crippen LogP contribution < -0.4 is 16.0 Å². The number of fused-ring (bicyclic) bond motifs is 1. The Hall–Kier alpha value is -2.18. The summed E-state index contributed by atoms with van der Waals surface area (Å²) in [6.07, 6.45) is 9.59. The number of aliphatic hydroxyl groups is 1. The Morgan fingerprint density at radius 2 is 1.80 bits per heavy atom. The molecule has 1 amide bonds. The summed E-state index contributed by atoms with van der Waals surface area (Å²) in [5.41, 5.74) is 1.79. The van der Waals surface area contributed by atoms with Gasteiger partial charge in [0.05, 0.1) is 11.2 Å². The number of carbonyl (C=O) groups is 1. The highest BCUT2D eigenvalue weighted by Gasteiger charge is 2.51. The molecule has 4 N–H and O–H groups in total. The molecule has 4 aliphatic carbocycles. The van der Waals surface area contributed by atoms with Crippen LogP contribution in [-0.2, 0) is 4.79 Å². The van der Waals surface area contributed by atoms with Crippen molar-refractivity contribution >= 4 is 28.3 Å². The number of nitrogens with zero attached hydrogens (tertiary/aromatic N) is 1. The fourth-order valence-electron chi connectivity index (χ4n) is 7.20. The minimum atomic E-state index is -0.213. The minimum absolute atomic E-state index is 0.129. The molecule has 0 atom stereocenters. The molecule has 0 saturated heterocycles. The van der Waals surface area contributed by atoms with Gasteiger partial charge in [0.2, 0.25) is 5.91 Å². The summed E-state index contributed by atoms with van der Waals surface area (Å²) in [6.45, 7) is 7.72. The van der Waals surface area contributed by atoms with Crippen LogP contribution in [0.2, 0.25) is 0 Å². The quantitative estimate of drug-likeness (QED) is 0.328. The first-order chi connectivity index (χ1) is 16.8. The third-order valence-electron chi connectivity index (χ3n) is 8.41. The molecule has 0 spiro atoms. The lowest BCUT2D eigenvalue weighted by Gasteiger charge is -2.56. The Kier molecular flexibility index (Phi) is 7.04. The molecule has 6 nitrogen and oxygen atoms in total. The SMILES string of the molecule is CC(C)([CH]NCCCNc1ccc2c(NC(=O)CC34CC5CC(CC(C5)C3)C4)cccc2n1)CO. The van der Waals surface area contributed by atoms with E-state index in [2.05, 4.69) is 22.0 Å². The fraction of sp³-hybridized carbons (Fsp3) is 0.621. The van der Waals surface area contributed by atoms with Gasteiger partial charge < -0.3 is 21.1 Å². The summed E-state index contributed by atoms with van der Waals surface area (Å²) in [6, 6.07) is 10.0. The van der Waals surface area contributed by atoms with E-state index in [4.69, 9.17) is 4.98 Å². The zero-order valence-electron chi connectivity index (χ0n) is 21.3. The van der Waals surface area contributed by atoms with Crippen LogP contribution in [-0.4, -0.2) is 35.7 Å². The van der Waals surface area contributed by atoms with E-state index in [9.17, 15) is 9.90 Å².